The summed E-state index contributed by atoms with van der Waals surface area (Å²) in [6.45, 7) is 1.93. The number of rotatable bonds is 6. The van der Waals surface area contributed by atoms with E-state index in [1.807, 2.05) is 33.7 Å². The molecule has 1 N–H and O–H groups in total. The average Bonchev–Trinajstić information content (AvgIpc) is 3.11. The smallest absolute Gasteiger partial charge is 0.325 e. The van der Waals surface area contributed by atoms with Crippen LogP contribution < -0.4 is 15.6 Å². The highest BCUT2D eigenvalue weighted by atomic mass is 16.5. The number of aromatic nitrogens is 1. The van der Waals surface area contributed by atoms with E-state index in [1.165, 1.54) is 4.90 Å². The van der Waals surface area contributed by atoms with Gasteiger partial charge >= 0.3 is 6.03 Å². The number of likely N-dealkylation sites (tertiary alicyclic amines) is 1. The molecule has 9 heteroatoms. The molecule has 0 saturated carbocycles. The summed E-state index contributed by atoms with van der Waals surface area (Å²) in [7, 11) is 1.55. The lowest BCUT2D eigenvalue weighted by Crippen LogP contribution is -2.49. The van der Waals surface area contributed by atoms with Crippen LogP contribution in [0.3, 0.4) is 0 Å². The molecule has 3 aliphatic rings. The summed E-state index contributed by atoms with van der Waals surface area (Å²) < 4.78 is 7.16. The lowest BCUT2D eigenvalue weighted by atomic mass is 9.83. The van der Waals surface area contributed by atoms with Crippen molar-refractivity contribution in [2.24, 2.45) is 5.92 Å². The van der Waals surface area contributed by atoms with E-state index in [4.69, 9.17) is 4.74 Å². The van der Waals surface area contributed by atoms with Crippen molar-refractivity contribution >= 4 is 17.8 Å². The van der Waals surface area contributed by atoms with Gasteiger partial charge in [-0.3, -0.25) is 19.3 Å². The maximum atomic E-state index is 13.0. The topological polar surface area (TPSA) is 101 Å². The van der Waals surface area contributed by atoms with Gasteiger partial charge in [-0.2, -0.15) is 0 Å². The number of amides is 4. The van der Waals surface area contributed by atoms with Crippen LogP contribution in [0.15, 0.2) is 47.3 Å². The highest BCUT2D eigenvalue weighted by molar-refractivity contribution is 6.04. The molecule has 9 nitrogen and oxygen atoms in total. The number of nitrogens with zero attached hydrogens (tertiary/aromatic N) is 3. The molecule has 4 heterocycles. The highest BCUT2D eigenvalue weighted by Gasteiger charge is 2.40. The molecule has 0 spiro atoms. The molecule has 2 bridgehead atoms. The molecular formula is C25H28N4O5. The van der Waals surface area contributed by atoms with E-state index in [0.717, 1.165) is 17.7 Å². The Bertz CT molecular complexity index is 1190. The van der Waals surface area contributed by atoms with Gasteiger partial charge in [0, 0.05) is 49.3 Å². The third-order valence-electron chi connectivity index (χ3n) is 7.11. The van der Waals surface area contributed by atoms with Crippen LogP contribution in [0.1, 0.15) is 36.4 Å². The monoisotopic (exact) mass is 464 g/mol. The number of nitrogens with one attached hydrogen (secondary N) is 1. The molecule has 3 aliphatic heterocycles. The number of ether oxygens (including phenoxy) is 1. The largest absolute Gasteiger partial charge is 0.496 e. The fraction of sp³-hybridized carbons (Fsp3) is 0.440. The molecule has 3 atom stereocenters. The second kappa shape index (κ2) is 8.96. The molecule has 0 aliphatic carbocycles. The van der Waals surface area contributed by atoms with Crippen molar-refractivity contribution in [3.05, 3.63) is 64.1 Å². The number of piperidine rings is 1. The van der Waals surface area contributed by atoms with Crippen molar-refractivity contribution in [2.75, 3.05) is 20.2 Å². The summed E-state index contributed by atoms with van der Waals surface area (Å²) in [5.41, 5.74) is 1.75. The third-order valence-corrected chi connectivity index (χ3v) is 7.11. The minimum absolute atomic E-state index is 0.0140. The second-order valence-electron chi connectivity index (χ2n) is 9.27. The van der Waals surface area contributed by atoms with Gasteiger partial charge in [-0.1, -0.05) is 24.3 Å². The fourth-order valence-corrected chi connectivity index (χ4v) is 5.45. The summed E-state index contributed by atoms with van der Waals surface area (Å²) in [5, 5.41) is 2.72. The summed E-state index contributed by atoms with van der Waals surface area (Å²) in [4.78, 5) is 53.6. The summed E-state index contributed by atoms with van der Waals surface area (Å²) in [6.07, 6.45) is 1.41. The van der Waals surface area contributed by atoms with Crippen LogP contribution in [0.25, 0.3) is 0 Å². The molecule has 0 radical (unpaired) electrons. The molecule has 2 saturated heterocycles. The predicted molar refractivity (Wildman–Crippen MR) is 123 cm³/mol. The lowest BCUT2D eigenvalue weighted by Gasteiger charge is -2.42. The number of urea groups is 1. The van der Waals surface area contributed by atoms with Crippen LogP contribution in [0.2, 0.25) is 0 Å². The highest BCUT2D eigenvalue weighted by Crippen LogP contribution is 2.35. The van der Waals surface area contributed by atoms with Gasteiger partial charge in [0.15, 0.2) is 0 Å². The quantitative estimate of drug-likeness (QED) is 0.656. The van der Waals surface area contributed by atoms with Crippen LogP contribution in [-0.4, -0.2) is 58.5 Å². The van der Waals surface area contributed by atoms with Gasteiger partial charge in [0.1, 0.15) is 11.8 Å². The van der Waals surface area contributed by atoms with E-state index in [9.17, 15) is 19.2 Å². The first-order chi connectivity index (χ1) is 16.4. The van der Waals surface area contributed by atoms with Crippen molar-refractivity contribution in [1.29, 1.82) is 0 Å². The lowest BCUT2D eigenvalue weighted by molar-refractivity contribution is -0.134. The number of methoxy groups -OCH3 is 1. The zero-order chi connectivity index (χ0) is 23.8. The molecule has 1 aromatic heterocycles. The number of hydrogen-bond donors (Lipinski definition) is 1. The number of carbonyl (C=O) groups excluding carboxylic acids is 3. The van der Waals surface area contributed by atoms with E-state index in [2.05, 4.69) is 5.32 Å². The Morgan fingerprint density at radius 1 is 1.06 bits per heavy atom. The Kier molecular flexibility index (Phi) is 5.85. The van der Waals surface area contributed by atoms with Crippen molar-refractivity contribution in [3.8, 4) is 5.75 Å². The SMILES string of the molecule is COc1ccccc1CN1C(=O)N[C@@H](CCC(=O)N2C[C@@H]3C[C@H](C2)c2cccc(=O)n2C3)C1=O. The Labute approximate surface area is 197 Å². The van der Waals surface area contributed by atoms with Gasteiger partial charge in [-0.05, 0) is 30.9 Å². The van der Waals surface area contributed by atoms with E-state index in [0.29, 0.717) is 25.4 Å². The van der Waals surface area contributed by atoms with Crippen LogP contribution in [0.4, 0.5) is 4.79 Å². The summed E-state index contributed by atoms with van der Waals surface area (Å²) >= 11 is 0. The number of carbonyl (C=O) groups is 3. The van der Waals surface area contributed by atoms with E-state index in [-0.39, 0.29) is 48.6 Å². The maximum Gasteiger partial charge on any atom is 0.325 e. The van der Waals surface area contributed by atoms with E-state index < -0.39 is 12.1 Å². The van der Waals surface area contributed by atoms with Gasteiger partial charge in [0.2, 0.25) is 5.91 Å². The summed E-state index contributed by atoms with van der Waals surface area (Å²) in [5.74, 6) is 0.661. The molecule has 178 valence electrons. The number of para-hydroxylation sites is 1. The molecule has 2 aromatic rings. The minimum atomic E-state index is -0.713. The fourth-order valence-electron chi connectivity index (χ4n) is 5.45. The van der Waals surface area contributed by atoms with E-state index >= 15 is 0 Å². The van der Waals surface area contributed by atoms with Gasteiger partial charge < -0.3 is 19.5 Å². The van der Waals surface area contributed by atoms with E-state index in [1.54, 1.807) is 25.3 Å². The Morgan fingerprint density at radius 2 is 1.88 bits per heavy atom. The molecular weight excluding hydrogens is 436 g/mol. The van der Waals surface area contributed by atoms with Crippen LogP contribution in [-0.2, 0) is 22.7 Å². The molecule has 0 unspecified atom stereocenters. The van der Waals surface area contributed by atoms with Crippen molar-refractivity contribution in [3.63, 3.8) is 0 Å². The Balaban J connectivity index is 1.20. The molecule has 4 amide bonds. The van der Waals surface area contributed by atoms with Crippen molar-refractivity contribution < 1.29 is 19.1 Å². The summed E-state index contributed by atoms with van der Waals surface area (Å²) in [6, 6.07) is 11.4. The zero-order valence-electron chi connectivity index (χ0n) is 19.1. The number of fused-ring (bicyclic) bond motifs is 4. The number of benzene rings is 1. The normalized spacial score (nSPS) is 23.5. The van der Waals surface area contributed by atoms with Gasteiger partial charge in [0.05, 0.1) is 13.7 Å². The van der Waals surface area contributed by atoms with Gasteiger partial charge in [-0.15, -0.1) is 0 Å². The molecule has 1 aromatic carbocycles. The first kappa shape index (κ1) is 22.2. The number of pyridine rings is 1. The van der Waals surface area contributed by atoms with Gasteiger partial charge in [-0.25, -0.2) is 4.79 Å². The first-order valence-electron chi connectivity index (χ1n) is 11.7. The first-order valence-corrected chi connectivity index (χ1v) is 11.7. The standard InChI is InChI=1S/C25H28N4O5/c1-34-21-7-3-2-5-17(21)15-29-24(32)19(26-25(29)33)9-10-22(30)27-12-16-11-18(14-27)20-6-4-8-23(31)28(20)13-16/h2-8,16,18-19H,9-15H2,1H3,(H,26,33)/t16-,18+,19-/m0/s1. The Hall–Kier alpha value is -3.62. The molecule has 34 heavy (non-hydrogen) atoms. The second-order valence-corrected chi connectivity index (χ2v) is 9.27. The van der Waals surface area contributed by atoms with Crippen LogP contribution >= 0.6 is 0 Å². The molecule has 2 fully saturated rings. The zero-order valence-corrected chi connectivity index (χ0v) is 19.1. The van der Waals surface area contributed by atoms with Crippen molar-refractivity contribution in [1.82, 2.24) is 19.7 Å². The van der Waals surface area contributed by atoms with Gasteiger partial charge in [0.25, 0.3) is 11.5 Å². The van der Waals surface area contributed by atoms with Crippen LogP contribution in [0.5, 0.6) is 5.75 Å². The van der Waals surface area contributed by atoms with Crippen LogP contribution in [0, 0.1) is 5.92 Å². The Morgan fingerprint density at radius 3 is 2.71 bits per heavy atom. The maximum absolute atomic E-state index is 13.0. The number of hydrogen-bond acceptors (Lipinski definition) is 5. The third kappa shape index (κ3) is 4.06. The minimum Gasteiger partial charge on any atom is -0.496 e. The van der Waals surface area contributed by atoms with Crippen molar-refractivity contribution in [2.45, 2.75) is 44.3 Å². The molecule has 5 rings (SSSR count). The predicted octanol–water partition coefficient (Wildman–Crippen LogP) is 1.70. The average molecular weight is 465 g/mol. The number of imide groups is 1.